The van der Waals surface area contributed by atoms with Gasteiger partial charge >= 0.3 is 5.97 Å². The lowest BCUT2D eigenvalue weighted by atomic mass is 10.2. The molecule has 0 atom stereocenters. The zero-order valence-corrected chi connectivity index (χ0v) is 36.1. The lowest BCUT2D eigenvalue weighted by molar-refractivity contribution is -0.142. The van der Waals surface area contributed by atoms with Crippen LogP contribution in [0.25, 0.3) is 0 Å². The SMILES string of the molecule is CC(C)(C)[Si](OCCOCCOCCOCCOCCOCCOCCOCCOCCOCCOCCOCCOCC(=O)O)(c1ccccc1)c1ccccc1. The molecule has 0 fully saturated rings. The van der Waals surface area contributed by atoms with Crippen molar-refractivity contribution in [3.63, 3.8) is 0 Å². The predicted octanol–water partition coefficient (Wildman–Crippen LogP) is 2.85. The number of ether oxygens (including phenoxy) is 12. The zero-order valence-electron chi connectivity index (χ0n) is 35.1. The molecular weight excluding hydrogens is 773 g/mol. The van der Waals surface area contributed by atoms with Crippen LogP contribution in [0.15, 0.2) is 60.7 Å². The summed E-state index contributed by atoms with van der Waals surface area (Å²) in [7, 11) is -2.55. The molecule has 2 aromatic rings. The van der Waals surface area contributed by atoms with Gasteiger partial charge in [-0.05, 0) is 15.4 Å². The van der Waals surface area contributed by atoms with Crippen LogP contribution < -0.4 is 10.4 Å². The number of benzene rings is 2. The molecule has 0 bridgehead atoms. The summed E-state index contributed by atoms with van der Waals surface area (Å²) in [5.74, 6) is -0.997. The monoisotopic (exact) mass is 842 g/mol. The first-order valence-electron chi connectivity index (χ1n) is 20.3. The van der Waals surface area contributed by atoms with Gasteiger partial charge in [0.2, 0.25) is 0 Å². The van der Waals surface area contributed by atoms with Crippen molar-refractivity contribution >= 4 is 24.7 Å². The summed E-state index contributed by atoms with van der Waals surface area (Å²) in [6.07, 6.45) is 0. The maximum atomic E-state index is 10.3. The molecule has 0 amide bonds. The van der Waals surface area contributed by atoms with Crippen molar-refractivity contribution in [1.82, 2.24) is 0 Å². The molecule has 0 radical (unpaired) electrons. The van der Waals surface area contributed by atoms with Gasteiger partial charge in [-0.15, -0.1) is 0 Å². The maximum absolute atomic E-state index is 10.3. The normalized spacial score (nSPS) is 12.1. The van der Waals surface area contributed by atoms with Gasteiger partial charge in [0.05, 0.1) is 159 Å². The molecular formula is C42H70O15Si. The standard InChI is InChI=1S/C42H70O15Si/c1-42(2,3)58(39-10-6-4-7-11-39,40-12-8-5-9-13-40)57-37-36-55-33-32-53-29-28-51-25-24-49-21-20-47-17-16-45-14-15-46-18-19-48-22-23-50-26-27-52-30-31-54-34-35-56-38-41(43)44/h4-13H,14-38H2,1-3H3,(H,43,44). The van der Waals surface area contributed by atoms with E-state index in [1.54, 1.807) is 0 Å². The summed E-state index contributed by atoms with van der Waals surface area (Å²) in [6.45, 7) is 17.6. The lowest BCUT2D eigenvalue weighted by Crippen LogP contribution is -2.66. The van der Waals surface area contributed by atoms with Gasteiger partial charge in [0.1, 0.15) is 6.61 Å². The molecule has 0 aliphatic rings. The molecule has 0 heterocycles. The second-order valence-corrected chi connectivity index (χ2v) is 18.0. The molecule has 58 heavy (non-hydrogen) atoms. The predicted molar refractivity (Wildman–Crippen MR) is 221 cm³/mol. The van der Waals surface area contributed by atoms with Crippen molar-refractivity contribution in [3.8, 4) is 0 Å². The largest absolute Gasteiger partial charge is 0.480 e. The van der Waals surface area contributed by atoms with Crippen molar-refractivity contribution in [2.45, 2.75) is 25.8 Å². The van der Waals surface area contributed by atoms with Crippen LogP contribution in [-0.4, -0.2) is 185 Å². The molecule has 0 spiro atoms. The molecule has 0 saturated heterocycles. The van der Waals surface area contributed by atoms with Gasteiger partial charge in [0.15, 0.2) is 0 Å². The summed E-state index contributed by atoms with van der Waals surface area (Å²) in [6, 6.07) is 21.2. The van der Waals surface area contributed by atoms with E-state index in [1.807, 2.05) is 0 Å². The first kappa shape index (κ1) is 51.7. The van der Waals surface area contributed by atoms with E-state index < -0.39 is 14.3 Å². The Morgan fingerprint density at radius 2 is 0.621 bits per heavy atom. The minimum Gasteiger partial charge on any atom is -0.480 e. The van der Waals surface area contributed by atoms with Gasteiger partial charge in [-0.1, -0.05) is 81.4 Å². The summed E-state index contributed by atoms with van der Waals surface area (Å²) in [5.41, 5.74) is 0. The van der Waals surface area contributed by atoms with Gasteiger partial charge < -0.3 is 66.4 Å². The van der Waals surface area contributed by atoms with Crippen molar-refractivity contribution < 1.29 is 71.2 Å². The molecule has 0 unspecified atom stereocenters. The van der Waals surface area contributed by atoms with Crippen molar-refractivity contribution in [1.29, 1.82) is 0 Å². The molecule has 332 valence electrons. The highest BCUT2D eigenvalue weighted by atomic mass is 28.4. The van der Waals surface area contributed by atoms with E-state index in [-0.39, 0.29) is 18.3 Å². The Balaban J connectivity index is 1.27. The smallest absolute Gasteiger partial charge is 0.329 e. The fourth-order valence-electron chi connectivity index (χ4n) is 5.59. The van der Waals surface area contributed by atoms with Gasteiger partial charge in [-0.25, -0.2) is 4.79 Å². The van der Waals surface area contributed by atoms with Crippen LogP contribution in [0.2, 0.25) is 5.04 Å². The van der Waals surface area contributed by atoms with E-state index in [0.717, 1.165) is 0 Å². The highest BCUT2D eigenvalue weighted by Crippen LogP contribution is 2.36. The molecule has 2 aromatic carbocycles. The summed E-state index contributed by atoms with van der Waals surface area (Å²) in [4.78, 5) is 10.3. The Morgan fingerprint density at radius 1 is 0.397 bits per heavy atom. The minimum absolute atomic E-state index is 0.0632. The summed E-state index contributed by atoms with van der Waals surface area (Å²) < 4.78 is 72.4. The fraction of sp³-hybridized carbons (Fsp3) is 0.690. The van der Waals surface area contributed by atoms with E-state index in [4.69, 9.17) is 66.4 Å². The molecule has 0 aromatic heterocycles. The first-order valence-corrected chi connectivity index (χ1v) is 22.2. The van der Waals surface area contributed by atoms with Crippen molar-refractivity contribution in [3.05, 3.63) is 60.7 Å². The third kappa shape index (κ3) is 25.3. The first-order chi connectivity index (χ1) is 28.4. The number of carboxylic acids is 1. The Hall–Kier alpha value is -2.39. The van der Waals surface area contributed by atoms with Crippen LogP contribution >= 0.6 is 0 Å². The molecule has 15 nitrogen and oxygen atoms in total. The van der Waals surface area contributed by atoms with E-state index >= 15 is 0 Å². The van der Waals surface area contributed by atoms with Crippen LogP contribution in [0.3, 0.4) is 0 Å². The molecule has 0 aliphatic heterocycles. The highest BCUT2D eigenvalue weighted by molar-refractivity contribution is 6.99. The number of hydrogen-bond donors (Lipinski definition) is 1. The third-order valence-corrected chi connectivity index (χ3v) is 13.3. The Kier molecular flexibility index (Phi) is 31.6. The van der Waals surface area contributed by atoms with Crippen LogP contribution in [0.5, 0.6) is 0 Å². The third-order valence-electron chi connectivity index (χ3n) is 8.28. The Morgan fingerprint density at radius 3 is 0.845 bits per heavy atom. The highest BCUT2D eigenvalue weighted by Gasteiger charge is 2.50. The number of aliphatic carboxylic acids is 1. The summed E-state index contributed by atoms with van der Waals surface area (Å²) in [5, 5.41) is 10.9. The molecule has 2 rings (SSSR count). The lowest BCUT2D eigenvalue weighted by Gasteiger charge is -2.43. The van der Waals surface area contributed by atoms with E-state index in [2.05, 4.69) is 81.4 Å². The van der Waals surface area contributed by atoms with E-state index in [1.165, 1.54) is 10.4 Å². The number of rotatable bonds is 41. The Bertz CT molecular complexity index is 1170. The van der Waals surface area contributed by atoms with Crippen LogP contribution in [0.1, 0.15) is 20.8 Å². The summed E-state index contributed by atoms with van der Waals surface area (Å²) >= 11 is 0. The van der Waals surface area contributed by atoms with Gasteiger partial charge in [0, 0.05) is 0 Å². The van der Waals surface area contributed by atoms with E-state index in [0.29, 0.717) is 152 Å². The molecule has 0 aliphatic carbocycles. The van der Waals surface area contributed by atoms with Crippen molar-refractivity contribution in [2.75, 3.05) is 165 Å². The van der Waals surface area contributed by atoms with Gasteiger partial charge in [0.25, 0.3) is 8.32 Å². The van der Waals surface area contributed by atoms with Crippen LogP contribution in [0, 0.1) is 0 Å². The van der Waals surface area contributed by atoms with E-state index in [9.17, 15) is 4.79 Å². The van der Waals surface area contributed by atoms with Crippen molar-refractivity contribution in [2.24, 2.45) is 0 Å². The second-order valence-electron chi connectivity index (χ2n) is 13.7. The topological polar surface area (TPSA) is 157 Å². The zero-order chi connectivity index (χ0) is 41.7. The van der Waals surface area contributed by atoms with Crippen LogP contribution in [0.4, 0.5) is 0 Å². The molecule has 0 saturated carbocycles. The van der Waals surface area contributed by atoms with Crippen LogP contribution in [-0.2, 0) is 66.1 Å². The quantitative estimate of drug-likeness (QED) is 0.0770. The molecule has 1 N–H and O–H groups in total. The fourth-order valence-corrected chi connectivity index (χ4v) is 10.1. The maximum Gasteiger partial charge on any atom is 0.329 e. The second kappa shape index (κ2) is 35.4. The number of carboxylic acid groups (broad SMARTS) is 1. The average molecular weight is 843 g/mol. The average Bonchev–Trinajstić information content (AvgIpc) is 3.22. The number of hydrogen-bond acceptors (Lipinski definition) is 14. The number of carbonyl (C=O) groups is 1. The Labute approximate surface area is 346 Å². The molecule has 16 heteroatoms. The van der Waals surface area contributed by atoms with Gasteiger partial charge in [-0.3, -0.25) is 0 Å². The minimum atomic E-state index is -2.55. The van der Waals surface area contributed by atoms with Gasteiger partial charge in [-0.2, -0.15) is 0 Å².